The monoisotopic (exact) mass is 589 g/mol. The lowest BCUT2D eigenvalue weighted by Gasteiger charge is -2.21. The van der Waals surface area contributed by atoms with E-state index in [1.807, 2.05) is 0 Å². The van der Waals surface area contributed by atoms with E-state index in [4.69, 9.17) is 5.73 Å². The molecule has 0 aliphatic heterocycles. The van der Waals surface area contributed by atoms with Crippen LogP contribution in [-0.4, -0.2) is 29.8 Å². The van der Waals surface area contributed by atoms with E-state index in [-0.39, 0.29) is 0 Å². The number of hydrogen-bond donors (Lipinski definition) is 1. The maximum absolute atomic E-state index is 12.3. The molecule has 2 amide bonds. The molecule has 0 aromatic heterocycles. The molecule has 0 fully saturated rings. The maximum atomic E-state index is 12.3. The molecule has 4 nitrogen and oxygen atoms in total. The summed E-state index contributed by atoms with van der Waals surface area (Å²) in [6.07, 6.45) is 45.0. The third kappa shape index (κ3) is 29.9. The summed E-state index contributed by atoms with van der Waals surface area (Å²) < 4.78 is 0. The van der Waals surface area contributed by atoms with Crippen LogP contribution in [0.25, 0.3) is 0 Å². The average Bonchev–Trinajstić information content (AvgIpc) is 2.99. The lowest BCUT2D eigenvalue weighted by atomic mass is 10.1. The van der Waals surface area contributed by atoms with Crippen LogP contribution in [0.2, 0.25) is 0 Å². The van der Waals surface area contributed by atoms with Gasteiger partial charge in [-0.2, -0.15) is 0 Å². The smallest absolute Gasteiger partial charge is 0.311 e. The van der Waals surface area contributed by atoms with Gasteiger partial charge in [0.1, 0.15) is 0 Å². The van der Waals surface area contributed by atoms with Gasteiger partial charge < -0.3 is 10.6 Å². The molecule has 0 saturated heterocycles. The van der Waals surface area contributed by atoms with E-state index >= 15 is 0 Å². The van der Waals surface area contributed by atoms with Gasteiger partial charge in [0.05, 0.1) is 0 Å². The molecule has 0 spiro atoms. The van der Waals surface area contributed by atoms with Crippen molar-refractivity contribution >= 4 is 11.8 Å². The van der Waals surface area contributed by atoms with E-state index in [0.29, 0.717) is 13.1 Å². The highest BCUT2D eigenvalue weighted by Crippen LogP contribution is 2.13. The number of allylic oxidation sites excluding steroid dienone is 4. The first-order valence-electron chi connectivity index (χ1n) is 18.5. The van der Waals surface area contributed by atoms with Crippen LogP contribution in [0.4, 0.5) is 0 Å². The zero-order chi connectivity index (χ0) is 30.8. The lowest BCUT2D eigenvalue weighted by molar-refractivity contribution is -0.144. The zero-order valence-corrected chi connectivity index (χ0v) is 28.4. The van der Waals surface area contributed by atoms with Crippen molar-refractivity contribution in [3.8, 4) is 0 Å². The predicted molar refractivity (Wildman–Crippen MR) is 185 cm³/mol. The first-order valence-corrected chi connectivity index (χ1v) is 18.5. The number of nitrogens with zero attached hydrogens (tertiary/aromatic N) is 1. The summed E-state index contributed by atoms with van der Waals surface area (Å²) in [4.78, 5) is 25.5. The molecule has 0 heterocycles. The Morgan fingerprint density at radius 2 is 0.690 bits per heavy atom. The van der Waals surface area contributed by atoms with Crippen molar-refractivity contribution in [2.45, 2.75) is 194 Å². The molecule has 0 atom stereocenters. The van der Waals surface area contributed by atoms with Gasteiger partial charge in [-0.25, -0.2) is 0 Å². The third-order valence-electron chi connectivity index (χ3n) is 8.38. The normalized spacial score (nSPS) is 11.7. The van der Waals surface area contributed by atoms with Crippen LogP contribution in [0.15, 0.2) is 24.3 Å². The highest BCUT2D eigenvalue weighted by atomic mass is 16.2. The van der Waals surface area contributed by atoms with Crippen molar-refractivity contribution < 1.29 is 9.59 Å². The molecular formula is C38H72N2O2. The summed E-state index contributed by atoms with van der Waals surface area (Å²) in [5.74, 6) is -1.32. The Labute approximate surface area is 262 Å². The quantitative estimate of drug-likeness (QED) is 0.0482. The molecule has 42 heavy (non-hydrogen) atoms. The minimum Gasteiger partial charge on any atom is -0.361 e. The van der Waals surface area contributed by atoms with E-state index < -0.39 is 11.8 Å². The van der Waals surface area contributed by atoms with Crippen LogP contribution in [-0.2, 0) is 9.59 Å². The Kier molecular flexibility index (Phi) is 32.6. The lowest BCUT2D eigenvalue weighted by Crippen LogP contribution is -2.41. The van der Waals surface area contributed by atoms with Gasteiger partial charge >= 0.3 is 11.8 Å². The van der Waals surface area contributed by atoms with Gasteiger partial charge in [0, 0.05) is 13.1 Å². The highest BCUT2D eigenvalue weighted by Gasteiger charge is 2.17. The number of primary amides is 1. The second kappa shape index (κ2) is 33.9. The van der Waals surface area contributed by atoms with Crippen LogP contribution in [0.3, 0.4) is 0 Å². The van der Waals surface area contributed by atoms with E-state index in [0.717, 1.165) is 25.7 Å². The van der Waals surface area contributed by atoms with E-state index in [9.17, 15) is 9.59 Å². The van der Waals surface area contributed by atoms with Crippen LogP contribution < -0.4 is 5.73 Å². The Hall–Kier alpha value is -1.58. The number of unbranched alkanes of at least 4 members (excludes halogenated alkanes) is 24. The van der Waals surface area contributed by atoms with Crippen LogP contribution in [0.5, 0.6) is 0 Å². The second-order valence-corrected chi connectivity index (χ2v) is 12.5. The van der Waals surface area contributed by atoms with E-state index in [1.54, 1.807) is 4.90 Å². The fourth-order valence-electron chi connectivity index (χ4n) is 5.57. The molecule has 0 aliphatic carbocycles. The molecular weight excluding hydrogens is 516 g/mol. The fraction of sp³-hybridized carbons (Fsp3) is 0.842. The van der Waals surface area contributed by atoms with Gasteiger partial charge in [-0.3, -0.25) is 9.59 Å². The summed E-state index contributed by atoms with van der Waals surface area (Å²) in [6.45, 7) is 5.86. The summed E-state index contributed by atoms with van der Waals surface area (Å²) in [7, 11) is 0. The summed E-state index contributed by atoms with van der Waals surface area (Å²) in [5.41, 5.74) is 5.32. The Balaban J connectivity index is 3.69. The maximum Gasteiger partial charge on any atom is 0.311 e. The fourth-order valence-corrected chi connectivity index (χ4v) is 5.57. The van der Waals surface area contributed by atoms with E-state index in [2.05, 4.69) is 38.2 Å². The predicted octanol–water partition coefficient (Wildman–Crippen LogP) is 11.4. The van der Waals surface area contributed by atoms with Crippen LogP contribution in [0, 0.1) is 0 Å². The molecule has 0 aromatic rings. The van der Waals surface area contributed by atoms with E-state index in [1.165, 1.54) is 154 Å². The molecule has 0 rings (SSSR count). The Morgan fingerprint density at radius 1 is 0.429 bits per heavy atom. The minimum atomic E-state index is -0.816. The average molecular weight is 589 g/mol. The Bertz CT molecular complexity index is 601. The molecule has 0 aromatic carbocycles. The van der Waals surface area contributed by atoms with Gasteiger partial charge in [0.15, 0.2) is 0 Å². The molecule has 0 unspecified atom stereocenters. The van der Waals surface area contributed by atoms with Gasteiger partial charge in [-0.15, -0.1) is 0 Å². The number of nitrogens with two attached hydrogens (primary N) is 1. The second-order valence-electron chi connectivity index (χ2n) is 12.5. The molecule has 0 bridgehead atoms. The zero-order valence-electron chi connectivity index (χ0n) is 28.4. The Morgan fingerprint density at radius 3 is 0.976 bits per heavy atom. The van der Waals surface area contributed by atoms with Crippen molar-refractivity contribution in [2.24, 2.45) is 5.73 Å². The molecule has 0 aliphatic rings. The van der Waals surface area contributed by atoms with Crippen molar-refractivity contribution in [1.29, 1.82) is 0 Å². The number of amides is 2. The largest absolute Gasteiger partial charge is 0.361 e. The SMILES string of the molecule is CCCCCCCCC=CCCCCCCCCN(CCCCCCCCC=CCCCCCCCC)C(=O)C(N)=O. The summed E-state index contributed by atoms with van der Waals surface area (Å²) in [6, 6.07) is 0. The molecule has 2 N–H and O–H groups in total. The number of hydrogen-bond acceptors (Lipinski definition) is 2. The van der Waals surface area contributed by atoms with Gasteiger partial charge in [0.25, 0.3) is 0 Å². The summed E-state index contributed by atoms with van der Waals surface area (Å²) >= 11 is 0. The third-order valence-corrected chi connectivity index (χ3v) is 8.38. The number of carbonyl (C=O) groups excluding carboxylic acids is 2. The molecule has 4 heteroatoms. The number of carbonyl (C=O) groups is 2. The summed E-state index contributed by atoms with van der Waals surface area (Å²) in [5, 5.41) is 0. The van der Waals surface area contributed by atoms with Crippen molar-refractivity contribution in [3.63, 3.8) is 0 Å². The highest BCUT2D eigenvalue weighted by molar-refractivity contribution is 6.34. The van der Waals surface area contributed by atoms with Crippen molar-refractivity contribution in [1.82, 2.24) is 4.90 Å². The molecule has 0 radical (unpaired) electrons. The number of rotatable bonds is 32. The molecule has 0 saturated carbocycles. The van der Waals surface area contributed by atoms with Crippen LogP contribution >= 0.6 is 0 Å². The standard InChI is InChI=1S/C38H72N2O2/c1-3-5-7-9-11-13-15-17-19-21-23-25-27-29-31-33-35-40(38(42)37(39)41)36-34-32-30-28-26-24-22-20-18-16-14-12-10-8-6-4-2/h17-20H,3-16,21-36H2,1-2H3,(H2,39,41). The van der Waals surface area contributed by atoms with Gasteiger partial charge in [-0.05, 0) is 64.2 Å². The first kappa shape index (κ1) is 40.4. The molecule has 246 valence electrons. The van der Waals surface area contributed by atoms with Gasteiger partial charge in [0.2, 0.25) is 0 Å². The topological polar surface area (TPSA) is 63.4 Å². The van der Waals surface area contributed by atoms with Crippen molar-refractivity contribution in [3.05, 3.63) is 24.3 Å². The first-order chi connectivity index (χ1) is 20.6. The van der Waals surface area contributed by atoms with Crippen molar-refractivity contribution in [2.75, 3.05) is 13.1 Å². The van der Waals surface area contributed by atoms with Gasteiger partial charge in [-0.1, -0.05) is 154 Å². The minimum absolute atomic E-state index is 0.504. The van der Waals surface area contributed by atoms with Crippen LogP contribution in [0.1, 0.15) is 194 Å².